The first kappa shape index (κ1) is 18.8. The lowest BCUT2D eigenvalue weighted by atomic mass is 10.1. The number of oxazole rings is 1. The number of nitrogens with one attached hydrogen (secondary N) is 1. The first-order valence-corrected chi connectivity index (χ1v) is 8.29. The van der Waals surface area contributed by atoms with Crippen LogP contribution in [0.1, 0.15) is 54.2 Å². The van der Waals surface area contributed by atoms with Crippen molar-refractivity contribution in [2.45, 2.75) is 38.8 Å². The van der Waals surface area contributed by atoms with Gasteiger partial charge in [-0.15, -0.1) is 0 Å². The van der Waals surface area contributed by atoms with Crippen molar-refractivity contribution in [2.75, 3.05) is 14.2 Å². The van der Waals surface area contributed by atoms with Gasteiger partial charge in [0.1, 0.15) is 17.8 Å². The van der Waals surface area contributed by atoms with E-state index in [1.807, 2.05) is 12.1 Å². The molecular formula is C18H25N3O4. The molecule has 1 atom stereocenters. The third-order valence-electron chi connectivity index (χ3n) is 3.87. The second-order valence-electron chi connectivity index (χ2n) is 5.68. The number of unbranched alkanes of at least 4 members (excludes halogenated alkanes) is 1. The van der Waals surface area contributed by atoms with E-state index in [0.717, 1.165) is 24.8 Å². The number of benzene rings is 1. The van der Waals surface area contributed by atoms with Gasteiger partial charge in [-0.25, -0.2) is 4.98 Å². The van der Waals surface area contributed by atoms with E-state index in [1.165, 1.54) is 6.26 Å². The first-order chi connectivity index (χ1) is 12.1. The van der Waals surface area contributed by atoms with Crippen LogP contribution in [0.2, 0.25) is 0 Å². The van der Waals surface area contributed by atoms with Crippen molar-refractivity contribution in [3.05, 3.63) is 41.6 Å². The predicted molar refractivity (Wildman–Crippen MR) is 93.7 cm³/mol. The summed E-state index contributed by atoms with van der Waals surface area (Å²) in [7, 11) is 3.16. The summed E-state index contributed by atoms with van der Waals surface area (Å²) in [6, 6.07) is 5.13. The quantitative estimate of drug-likeness (QED) is 0.723. The van der Waals surface area contributed by atoms with Crippen LogP contribution in [0, 0.1) is 0 Å². The van der Waals surface area contributed by atoms with Crippen molar-refractivity contribution in [1.29, 1.82) is 0 Å². The Balaban J connectivity index is 1.98. The molecule has 1 amide bonds. The van der Waals surface area contributed by atoms with Gasteiger partial charge in [0.15, 0.2) is 5.69 Å². The molecule has 1 aromatic heterocycles. The molecular weight excluding hydrogens is 322 g/mol. The van der Waals surface area contributed by atoms with Gasteiger partial charge < -0.3 is 24.9 Å². The van der Waals surface area contributed by atoms with Gasteiger partial charge in [0.2, 0.25) is 5.89 Å². The molecule has 3 N–H and O–H groups in total. The fourth-order valence-electron chi connectivity index (χ4n) is 2.37. The van der Waals surface area contributed by atoms with Crippen molar-refractivity contribution in [3.63, 3.8) is 0 Å². The first-order valence-electron chi connectivity index (χ1n) is 8.29. The van der Waals surface area contributed by atoms with Crippen LogP contribution >= 0.6 is 0 Å². The highest BCUT2D eigenvalue weighted by molar-refractivity contribution is 5.91. The minimum Gasteiger partial charge on any atom is -0.497 e. The van der Waals surface area contributed by atoms with Gasteiger partial charge in [0.25, 0.3) is 5.91 Å². The van der Waals surface area contributed by atoms with Crippen LogP contribution in [0.15, 0.2) is 28.9 Å². The topological polar surface area (TPSA) is 99.6 Å². The Labute approximate surface area is 147 Å². The molecule has 0 bridgehead atoms. The van der Waals surface area contributed by atoms with Crippen molar-refractivity contribution < 1.29 is 18.7 Å². The van der Waals surface area contributed by atoms with Crippen molar-refractivity contribution in [3.8, 4) is 11.5 Å². The van der Waals surface area contributed by atoms with E-state index in [9.17, 15) is 4.79 Å². The van der Waals surface area contributed by atoms with Gasteiger partial charge in [0, 0.05) is 18.2 Å². The van der Waals surface area contributed by atoms with Gasteiger partial charge in [-0.1, -0.05) is 19.8 Å². The number of nitrogens with zero attached hydrogens (tertiary/aromatic N) is 1. The number of aromatic nitrogens is 1. The highest BCUT2D eigenvalue weighted by atomic mass is 16.5. The van der Waals surface area contributed by atoms with Crippen LogP contribution in [-0.4, -0.2) is 25.1 Å². The zero-order valence-corrected chi connectivity index (χ0v) is 14.9. The summed E-state index contributed by atoms with van der Waals surface area (Å²) in [6.45, 7) is 2.39. The molecule has 2 aromatic rings. The maximum atomic E-state index is 12.3. The van der Waals surface area contributed by atoms with E-state index in [1.54, 1.807) is 20.3 Å². The standard InChI is InChI=1S/C18H25N3O4/c1-4-5-6-14(19)18-21-15(11-25-18)17(22)20-10-12-7-8-13(23-2)9-16(12)24-3/h7-9,11,14H,4-6,10,19H2,1-3H3,(H,20,22). The maximum absolute atomic E-state index is 12.3. The number of amides is 1. The number of carbonyl (C=O) groups is 1. The summed E-state index contributed by atoms with van der Waals surface area (Å²) in [6.07, 6.45) is 4.15. The Morgan fingerprint density at radius 2 is 2.16 bits per heavy atom. The lowest BCUT2D eigenvalue weighted by Gasteiger charge is -2.10. The minimum absolute atomic E-state index is 0.217. The molecule has 0 saturated heterocycles. The largest absolute Gasteiger partial charge is 0.497 e. The van der Waals surface area contributed by atoms with E-state index in [4.69, 9.17) is 19.6 Å². The molecule has 0 aliphatic heterocycles. The third kappa shape index (κ3) is 4.96. The van der Waals surface area contributed by atoms with Gasteiger partial charge in [-0.2, -0.15) is 0 Å². The Morgan fingerprint density at radius 1 is 1.36 bits per heavy atom. The monoisotopic (exact) mass is 347 g/mol. The molecule has 1 heterocycles. The molecule has 136 valence electrons. The summed E-state index contributed by atoms with van der Waals surface area (Å²) in [4.78, 5) is 16.4. The van der Waals surface area contributed by atoms with Crippen molar-refractivity contribution in [2.24, 2.45) is 5.73 Å². The Morgan fingerprint density at radius 3 is 2.84 bits per heavy atom. The molecule has 0 aliphatic rings. The smallest absolute Gasteiger partial charge is 0.273 e. The molecule has 7 nitrogen and oxygen atoms in total. The molecule has 25 heavy (non-hydrogen) atoms. The predicted octanol–water partition coefficient (Wildman–Crippen LogP) is 2.81. The van der Waals surface area contributed by atoms with Crippen LogP contribution in [-0.2, 0) is 6.54 Å². The van der Waals surface area contributed by atoms with Crippen LogP contribution < -0.4 is 20.5 Å². The molecule has 2 rings (SSSR count). The second kappa shape index (κ2) is 9.08. The maximum Gasteiger partial charge on any atom is 0.273 e. The lowest BCUT2D eigenvalue weighted by molar-refractivity contribution is 0.0945. The number of ether oxygens (including phenoxy) is 2. The molecule has 7 heteroatoms. The van der Waals surface area contributed by atoms with Crippen molar-refractivity contribution >= 4 is 5.91 Å². The van der Waals surface area contributed by atoms with Crippen LogP contribution in [0.5, 0.6) is 11.5 Å². The normalized spacial score (nSPS) is 11.8. The number of rotatable bonds is 9. The van der Waals surface area contributed by atoms with Crippen LogP contribution in [0.25, 0.3) is 0 Å². The summed E-state index contributed by atoms with van der Waals surface area (Å²) < 4.78 is 15.8. The second-order valence-corrected chi connectivity index (χ2v) is 5.68. The summed E-state index contributed by atoms with van der Waals surface area (Å²) in [5, 5.41) is 2.80. The van der Waals surface area contributed by atoms with Crippen LogP contribution in [0.4, 0.5) is 0 Å². The highest BCUT2D eigenvalue weighted by Gasteiger charge is 2.17. The van der Waals surface area contributed by atoms with Gasteiger partial charge in [0.05, 0.1) is 20.3 Å². The average Bonchev–Trinajstić information content (AvgIpc) is 3.14. The minimum atomic E-state index is -0.324. The van der Waals surface area contributed by atoms with Crippen molar-refractivity contribution in [1.82, 2.24) is 10.3 Å². The molecule has 0 aliphatic carbocycles. The van der Waals surface area contributed by atoms with Gasteiger partial charge >= 0.3 is 0 Å². The third-order valence-corrected chi connectivity index (χ3v) is 3.87. The summed E-state index contributed by atoms with van der Waals surface area (Å²) >= 11 is 0. The van der Waals surface area contributed by atoms with E-state index < -0.39 is 0 Å². The van der Waals surface area contributed by atoms with E-state index in [2.05, 4.69) is 17.2 Å². The average molecular weight is 347 g/mol. The SMILES string of the molecule is CCCCC(N)c1nc(C(=O)NCc2ccc(OC)cc2OC)co1. The Bertz CT molecular complexity index is 699. The zero-order valence-electron chi connectivity index (χ0n) is 14.9. The molecule has 0 spiro atoms. The molecule has 1 unspecified atom stereocenters. The summed E-state index contributed by atoms with van der Waals surface area (Å²) in [5.74, 6) is 1.40. The number of hydrogen-bond acceptors (Lipinski definition) is 6. The molecule has 0 fully saturated rings. The number of carbonyl (C=O) groups excluding carboxylic acids is 1. The Hall–Kier alpha value is -2.54. The van der Waals surface area contributed by atoms with Crippen LogP contribution in [0.3, 0.4) is 0 Å². The fourth-order valence-corrected chi connectivity index (χ4v) is 2.37. The zero-order chi connectivity index (χ0) is 18.2. The fraction of sp³-hybridized carbons (Fsp3) is 0.444. The van der Waals surface area contributed by atoms with E-state index >= 15 is 0 Å². The number of nitrogens with two attached hydrogens (primary N) is 1. The van der Waals surface area contributed by atoms with Gasteiger partial charge in [-0.3, -0.25) is 4.79 Å². The van der Waals surface area contributed by atoms with E-state index in [0.29, 0.717) is 23.9 Å². The van der Waals surface area contributed by atoms with Gasteiger partial charge in [-0.05, 0) is 18.6 Å². The summed E-state index contributed by atoms with van der Waals surface area (Å²) in [5.41, 5.74) is 7.06. The highest BCUT2D eigenvalue weighted by Crippen LogP contribution is 2.24. The lowest BCUT2D eigenvalue weighted by Crippen LogP contribution is -2.23. The Kier molecular flexibility index (Phi) is 6.82. The van der Waals surface area contributed by atoms with E-state index in [-0.39, 0.29) is 17.6 Å². The molecule has 1 aromatic carbocycles. The number of hydrogen-bond donors (Lipinski definition) is 2. The molecule has 0 radical (unpaired) electrons. The number of methoxy groups -OCH3 is 2. The molecule has 0 saturated carbocycles.